The van der Waals surface area contributed by atoms with Crippen LogP contribution in [0.5, 0.6) is 0 Å². The smallest absolute Gasteiger partial charge is 0.273 e. The molecule has 0 radical (unpaired) electrons. The van der Waals surface area contributed by atoms with Gasteiger partial charge in [-0.1, -0.05) is 60.7 Å². The maximum atomic E-state index is 13.5. The van der Waals surface area contributed by atoms with Gasteiger partial charge in [-0.25, -0.2) is 9.96 Å². The summed E-state index contributed by atoms with van der Waals surface area (Å²) in [5.41, 5.74) is 1.17. The molecule has 31 heavy (non-hydrogen) atoms. The van der Waals surface area contributed by atoms with Crippen LogP contribution in [0.3, 0.4) is 0 Å². The first kappa shape index (κ1) is 19.0. The highest BCUT2D eigenvalue weighted by Gasteiger charge is 2.61. The monoisotopic (exact) mass is 415 g/mol. The molecule has 0 N–H and O–H groups in total. The SMILES string of the molecule is O=C1[C@H]2[C@H](ON(c3ccccc3)[C@@H]2c2ccccc2)C(=O)N1c1ccccc1[N+](=O)[O-]. The number of anilines is 2. The predicted octanol–water partition coefficient (Wildman–Crippen LogP) is 3.65. The molecule has 2 heterocycles. The normalized spacial score (nSPS) is 22.6. The third kappa shape index (κ3) is 2.96. The lowest BCUT2D eigenvalue weighted by molar-refractivity contribution is -0.384. The van der Waals surface area contributed by atoms with Gasteiger partial charge < -0.3 is 0 Å². The number of benzene rings is 3. The summed E-state index contributed by atoms with van der Waals surface area (Å²) in [6, 6.07) is 23.7. The minimum absolute atomic E-state index is 0.0430. The van der Waals surface area contributed by atoms with Crippen LogP contribution < -0.4 is 9.96 Å². The first-order chi connectivity index (χ1) is 15.1. The summed E-state index contributed by atoms with van der Waals surface area (Å²) < 4.78 is 0. The molecule has 2 aliphatic heterocycles. The fraction of sp³-hybridized carbons (Fsp3) is 0.130. The molecule has 0 aliphatic carbocycles. The van der Waals surface area contributed by atoms with Crippen molar-refractivity contribution in [3.63, 3.8) is 0 Å². The fourth-order valence-electron chi connectivity index (χ4n) is 4.25. The molecule has 0 aromatic heterocycles. The molecule has 0 bridgehead atoms. The van der Waals surface area contributed by atoms with Crippen molar-refractivity contribution in [1.29, 1.82) is 0 Å². The molecular formula is C23H17N3O5. The largest absolute Gasteiger partial charge is 0.293 e. The van der Waals surface area contributed by atoms with E-state index in [1.165, 1.54) is 18.2 Å². The Bertz CT molecular complexity index is 1170. The highest BCUT2D eigenvalue weighted by atomic mass is 16.7. The lowest BCUT2D eigenvalue weighted by Crippen LogP contribution is -2.37. The average Bonchev–Trinajstić information content (AvgIpc) is 3.31. The Kier molecular flexibility index (Phi) is 4.48. The number of fused-ring (bicyclic) bond motifs is 1. The minimum Gasteiger partial charge on any atom is -0.273 e. The summed E-state index contributed by atoms with van der Waals surface area (Å²) in [4.78, 5) is 44.6. The molecule has 2 amide bonds. The van der Waals surface area contributed by atoms with Crippen LogP contribution in [0.25, 0.3) is 0 Å². The number of nitro benzene ring substituents is 1. The van der Waals surface area contributed by atoms with E-state index in [1.807, 2.05) is 60.7 Å². The lowest BCUT2D eigenvalue weighted by atomic mass is 9.90. The van der Waals surface area contributed by atoms with Gasteiger partial charge in [0, 0.05) is 6.07 Å². The van der Waals surface area contributed by atoms with Crippen molar-refractivity contribution in [3.8, 4) is 0 Å². The van der Waals surface area contributed by atoms with Crippen LogP contribution in [-0.4, -0.2) is 22.8 Å². The van der Waals surface area contributed by atoms with Gasteiger partial charge in [0.25, 0.3) is 11.6 Å². The van der Waals surface area contributed by atoms with Crippen molar-refractivity contribution in [2.24, 2.45) is 5.92 Å². The number of carbonyl (C=O) groups is 2. The van der Waals surface area contributed by atoms with Crippen LogP contribution in [-0.2, 0) is 14.4 Å². The van der Waals surface area contributed by atoms with Crippen molar-refractivity contribution in [2.75, 3.05) is 9.96 Å². The highest BCUT2D eigenvalue weighted by Crippen LogP contribution is 2.48. The highest BCUT2D eigenvalue weighted by molar-refractivity contribution is 6.24. The van der Waals surface area contributed by atoms with Gasteiger partial charge in [0.1, 0.15) is 11.6 Å². The molecule has 3 aromatic carbocycles. The molecule has 0 unspecified atom stereocenters. The lowest BCUT2D eigenvalue weighted by Gasteiger charge is -2.28. The number of hydroxylamine groups is 1. The maximum absolute atomic E-state index is 13.5. The zero-order chi connectivity index (χ0) is 21.5. The van der Waals surface area contributed by atoms with Crippen LogP contribution in [0.1, 0.15) is 11.6 Å². The van der Waals surface area contributed by atoms with E-state index in [0.29, 0.717) is 5.69 Å². The number of amides is 2. The molecule has 154 valence electrons. The van der Waals surface area contributed by atoms with Gasteiger partial charge >= 0.3 is 0 Å². The first-order valence-electron chi connectivity index (χ1n) is 9.75. The van der Waals surface area contributed by atoms with E-state index in [0.717, 1.165) is 10.5 Å². The van der Waals surface area contributed by atoms with Crippen molar-refractivity contribution >= 4 is 28.9 Å². The predicted molar refractivity (Wildman–Crippen MR) is 112 cm³/mol. The Hall–Kier alpha value is -4.04. The maximum Gasteiger partial charge on any atom is 0.293 e. The molecule has 3 aromatic rings. The summed E-state index contributed by atoms with van der Waals surface area (Å²) in [6.07, 6.45) is -1.07. The van der Waals surface area contributed by atoms with E-state index >= 15 is 0 Å². The van der Waals surface area contributed by atoms with E-state index in [9.17, 15) is 19.7 Å². The van der Waals surface area contributed by atoms with Gasteiger partial charge in [-0.05, 0) is 23.8 Å². The zero-order valence-electron chi connectivity index (χ0n) is 16.2. The number of nitro groups is 1. The Morgan fingerprint density at radius 2 is 1.42 bits per heavy atom. The van der Waals surface area contributed by atoms with Crippen molar-refractivity contribution in [3.05, 3.63) is 101 Å². The van der Waals surface area contributed by atoms with Gasteiger partial charge in [-0.2, -0.15) is 0 Å². The molecule has 0 spiro atoms. The number of imide groups is 1. The molecule has 5 rings (SSSR count). The Morgan fingerprint density at radius 1 is 0.806 bits per heavy atom. The molecule has 0 saturated carbocycles. The average molecular weight is 415 g/mol. The number of hydrogen-bond acceptors (Lipinski definition) is 6. The van der Waals surface area contributed by atoms with E-state index < -0.39 is 34.8 Å². The van der Waals surface area contributed by atoms with Gasteiger partial charge in [0.2, 0.25) is 5.91 Å². The molecule has 8 nitrogen and oxygen atoms in total. The Morgan fingerprint density at radius 3 is 2.10 bits per heavy atom. The topological polar surface area (TPSA) is 93.0 Å². The van der Waals surface area contributed by atoms with Gasteiger partial charge in [0.05, 0.1) is 16.7 Å². The minimum atomic E-state index is -1.07. The summed E-state index contributed by atoms with van der Waals surface area (Å²) in [5, 5.41) is 13.1. The summed E-state index contributed by atoms with van der Waals surface area (Å²) in [5.74, 6) is -1.96. The van der Waals surface area contributed by atoms with Crippen LogP contribution in [0, 0.1) is 16.0 Å². The van der Waals surface area contributed by atoms with Crippen molar-refractivity contribution in [1.82, 2.24) is 0 Å². The van der Waals surface area contributed by atoms with Crippen LogP contribution in [0.15, 0.2) is 84.9 Å². The number of hydrogen-bond donors (Lipinski definition) is 0. The van der Waals surface area contributed by atoms with Gasteiger partial charge in [-0.15, -0.1) is 0 Å². The second-order valence-corrected chi connectivity index (χ2v) is 7.33. The molecular weight excluding hydrogens is 398 g/mol. The van der Waals surface area contributed by atoms with Crippen molar-refractivity contribution < 1.29 is 19.3 Å². The molecule has 2 aliphatic rings. The second kappa shape index (κ2) is 7.33. The number of para-hydroxylation sites is 3. The van der Waals surface area contributed by atoms with Crippen LogP contribution in [0.4, 0.5) is 17.1 Å². The quantitative estimate of drug-likeness (QED) is 0.367. The summed E-state index contributed by atoms with van der Waals surface area (Å²) >= 11 is 0. The molecule has 2 fully saturated rings. The van der Waals surface area contributed by atoms with Gasteiger partial charge in [0.15, 0.2) is 6.10 Å². The Balaban J connectivity index is 1.60. The fourth-order valence-corrected chi connectivity index (χ4v) is 4.25. The van der Waals surface area contributed by atoms with E-state index in [-0.39, 0.29) is 11.4 Å². The standard InChI is InChI=1S/C23H17N3O5/c27-22-19-20(15-9-3-1-4-10-15)25(16-11-5-2-6-12-16)31-21(19)23(28)24(22)17-13-7-8-14-18(17)26(29)30/h1-14,19-21H/t19-,20-,21+/m1/s1. The number of carbonyl (C=O) groups excluding carboxylic acids is 2. The molecule has 8 heteroatoms. The van der Waals surface area contributed by atoms with E-state index in [1.54, 1.807) is 11.1 Å². The van der Waals surface area contributed by atoms with Crippen LogP contribution >= 0.6 is 0 Å². The van der Waals surface area contributed by atoms with Gasteiger partial charge in [-0.3, -0.25) is 24.5 Å². The third-order valence-corrected chi connectivity index (χ3v) is 5.59. The molecule has 3 atom stereocenters. The van der Waals surface area contributed by atoms with Crippen LogP contribution in [0.2, 0.25) is 0 Å². The second-order valence-electron chi connectivity index (χ2n) is 7.33. The summed E-state index contributed by atoms with van der Waals surface area (Å²) in [7, 11) is 0. The van der Waals surface area contributed by atoms with E-state index in [2.05, 4.69) is 0 Å². The number of rotatable bonds is 4. The Labute approximate surface area is 177 Å². The van der Waals surface area contributed by atoms with E-state index in [4.69, 9.17) is 4.84 Å². The first-order valence-corrected chi connectivity index (χ1v) is 9.75. The zero-order valence-corrected chi connectivity index (χ0v) is 16.2. The molecule has 2 saturated heterocycles. The summed E-state index contributed by atoms with van der Waals surface area (Å²) in [6.45, 7) is 0. The third-order valence-electron chi connectivity index (χ3n) is 5.59. The number of nitrogens with zero attached hydrogens (tertiary/aromatic N) is 3. The van der Waals surface area contributed by atoms with Crippen molar-refractivity contribution in [2.45, 2.75) is 12.1 Å².